The van der Waals surface area contributed by atoms with E-state index in [1.165, 1.54) is 5.56 Å². The molecular weight excluding hydrogens is 300 g/mol. The molecule has 0 bridgehead atoms. The smallest absolute Gasteiger partial charge is 0.261 e. The van der Waals surface area contributed by atoms with Crippen molar-refractivity contribution in [1.82, 2.24) is 4.57 Å². The minimum Gasteiger partial charge on any atom is -0.343 e. The molecule has 2 heterocycles. The van der Waals surface area contributed by atoms with Gasteiger partial charge in [0.15, 0.2) is 0 Å². The highest BCUT2D eigenvalue weighted by Gasteiger charge is 2.24. The van der Waals surface area contributed by atoms with Crippen molar-refractivity contribution in [3.8, 4) is 0 Å². The topological polar surface area (TPSA) is 51.1 Å². The molecule has 1 atom stereocenters. The highest BCUT2D eigenvalue weighted by Crippen LogP contribution is 2.30. The quantitative estimate of drug-likeness (QED) is 0.783. The molecule has 24 heavy (non-hydrogen) atoms. The van der Waals surface area contributed by atoms with Crippen LogP contribution in [0.4, 0.5) is 5.69 Å². The SMILES string of the molecule is Cc1ccc(NC(=O)c2cn3c4c(cccc4c2=O)C[C@H]3C)cc1. The third kappa shape index (κ3) is 2.22. The predicted octanol–water partition coefficient (Wildman–Crippen LogP) is 3.68. The van der Waals surface area contributed by atoms with Gasteiger partial charge in [-0.1, -0.05) is 29.8 Å². The van der Waals surface area contributed by atoms with Gasteiger partial charge in [0.1, 0.15) is 5.56 Å². The molecule has 0 unspecified atom stereocenters. The molecule has 3 aromatic rings. The third-order valence-corrected chi connectivity index (χ3v) is 4.68. The van der Waals surface area contributed by atoms with Crippen LogP contribution in [0.5, 0.6) is 0 Å². The Morgan fingerprint density at radius 1 is 1.17 bits per heavy atom. The minimum absolute atomic E-state index is 0.189. The molecule has 4 nitrogen and oxygen atoms in total. The van der Waals surface area contributed by atoms with Crippen molar-refractivity contribution in [2.45, 2.75) is 26.3 Å². The van der Waals surface area contributed by atoms with Crippen LogP contribution in [0.25, 0.3) is 10.9 Å². The number of rotatable bonds is 2. The Morgan fingerprint density at radius 3 is 2.67 bits per heavy atom. The number of aryl methyl sites for hydroxylation is 1. The van der Waals surface area contributed by atoms with Crippen LogP contribution in [0.3, 0.4) is 0 Å². The van der Waals surface area contributed by atoms with E-state index in [0.717, 1.165) is 17.5 Å². The molecule has 120 valence electrons. The first-order chi connectivity index (χ1) is 11.5. The van der Waals surface area contributed by atoms with Gasteiger partial charge in [-0.15, -0.1) is 0 Å². The van der Waals surface area contributed by atoms with Crippen molar-refractivity contribution in [2.24, 2.45) is 0 Å². The highest BCUT2D eigenvalue weighted by atomic mass is 16.2. The molecular formula is C20H18N2O2. The van der Waals surface area contributed by atoms with Crippen LogP contribution in [0.2, 0.25) is 0 Å². The number of hydrogen-bond acceptors (Lipinski definition) is 2. The second-order valence-electron chi connectivity index (χ2n) is 6.47. The van der Waals surface area contributed by atoms with Gasteiger partial charge in [0.05, 0.1) is 5.52 Å². The number of pyridine rings is 1. The number of anilines is 1. The van der Waals surface area contributed by atoms with E-state index in [1.54, 1.807) is 12.3 Å². The van der Waals surface area contributed by atoms with Gasteiger partial charge >= 0.3 is 0 Å². The van der Waals surface area contributed by atoms with Crippen molar-refractivity contribution in [1.29, 1.82) is 0 Å². The lowest BCUT2D eigenvalue weighted by atomic mass is 10.1. The molecule has 0 saturated carbocycles. The fraction of sp³-hybridized carbons (Fsp3) is 0.200. The van der Waals surface area contributed by atoms with Crippen molar-refractivity contribution >= 4 is 22.5 Å². The molecule has 1 aromatic heterocycles. The Hall–Kier alpha value is -2.88. The fourth-order valence-electron chi connectivity index (χ4n) is 3.41. The normalized spacial score (nSPS) is 15.7. The van der Waals surface area contributed by atoms with Crippen LogP contribution in [-0.2, 0) is 6.42 Å². The van der Waals surface area contributed by atoms with Crippen LogP contribution < -0.4 is 10.7 Å². The molecule has 0 saturated heterocycles. The summed E-state index contributed by atoms with van der Waals surface area (Å²) in [4.78, 5) is 25.4. The minimum atomic E-state index is -0.362. The molecule has 0 radical (unpaired) electrons. The van der Waals surface area contributed by atoms with Gasteiger partial charge in [-0.05, 0) is 44.0 Å². The van der Waals surface area contributed by atoms with Crippen molar-refractivity contribution < 1.29 is 4.79 Å². The first-order valence-corrected chi connectivity index (χ1v) is 8.09. The number of benzene rings is 2. The summed E-state index contributed by atoms with van der Waals surface area (Å²) in [6.07, 6.45) is 2.59. The van der Waals surface area contributed by atoms with Crippen molar-refractivity contribution in [2.75, 3.05) is 5.32 Å². The lowest BCUT2D eigenvalue weighted by Crippen LogP contribution is -2.23. The number of aromatic nitrogens is 1. The number of carbonyl (C=O) groups excluding carboxylic acids is 1. The largest absolute Gasteiger partial charge is 0.343 e. The number of amides is 1. The Morgan fingerprint density at radius 2 is 1.92 bits per heavy atom. The van der Waals surface area contributed by atoms with Gasteiger partial charge in [0.2, 0.25) is 5.43 Å². The summed E-state index contributed by atoms with van der Waals surface area (Å²) in [7, 11) is 0. The summed E-state index contributed by atoms with van der Waals surface area (Å²) < 4.78 is 2.05. The zero-order valence-electron chi connectivity index (χ0n) is 13.7. The predicted molar refractivity (Wildman–Crippen MR) is 95.8 cm³/mol. The van der Waals surface area contributed by atoms with Crippen LogP contribution >= 0.6 is 0 Å². The van der Waals surface area contributed by atoms with E-state index in [0.29, 0.717) is 11.1 Å². The lowest BCUT2D eigenvalue weighted by Gasteiger charge is -2.12. The van der Waals surface area contributed by atoms with E-state index in [4.69, 9.17) is 0 Å². The summed E-state index contributed by atoms with van der Waals surface area (Å²) in [5.74, 6) is -0.362. The maximum Gasteiger partial charge on any atom is 0.261 e. The Balaban J connectivity index is 1.81. The van der Waals surface area contributed by atoms with E-state index < -0.39 is 0 Å². The fourth-order valence-corrected chi connectivity index (χ4v) is 3.41. The van der Waals surface area contributed by atoms with Gasteiger partial charge in [-0.3, -0.25) is 9.59 Å². The first kappa shape index (κ1) is 14.7. The summed E-state index contributed by atoms with van der Waals surface area (Å²) in [5, 5.41) is 3.44. The molecule has 0 spiro atoms. The number of nitrogens with one attached hydrogen (secondary N) is 1. The molecule has 1 aliphatic rings. The van der Waals surface area contributed by atoms with Crippen LogP contribution in [0, 0.1) is 6.92 Å². The summed E-state index contributed by atoms with van der Waals surface area (Å²) in [6.45, 7) is 4.09. The maximum absolute atomic E-state index is 12.8. The van der Waals surface area contributed by atoms with Gasteiger partial charge in [0.25, 0.3) is 5.91 Å². The number of carbonyl (C=O) groups is 1. The lowest BCUT2D eigenvalue weighted by molar-refractivity contribution is 0.102. The van der Waals surface area contributed by atoms with E-state index in [1.807, 2.05) is 43.3 Å². The van der Waals surface area contributed by atoms with Crippen molar-refractivity contribution in [3.05, 3.63) is 75.6 Å². The summed E-state index contributed by atoms with van der Waals surface area (Å²) >= 11 is 0. The maximum atomic E-state index is 12.8. The average molecular weight is 318 g/mol. The van der Waals surface area contributed by atoms with E-state index >= 15 is 0 Å². The molecule has 1 aliphatic heterocycles. The average Bonchev–Trinajstić information content (AvgIpc) is 2.89. The van der Waals surface area contributed by atoms with Gasteiger partial charge in [0, 0.05) is 23.3 Å². The Labute approximate surface area is 139 Å². The molecule has 1 amide bonds. The Kier molecular flexibility index (Phi) is 3.27. The van der Waals surface area contributed by atoms with Crippen LogP contribution in [-0.4, -0.2) is 10.5 Å². The third-order valence-electron chi connectivity index (χ3n) is 4.68. The van der Waals surface area contributed by atoms with Crippen LogP contribution in [0.15, 0.2) is 53.5 Å². The van der Waals surface area contributed by atoms with Crippen molar-refractivity contribution in [3.63, 3.8) is 0 Å². The molecule has 2 aromatic carbocycles. The first-order valence-electron chi connectivity index (χ1n) is 8.09. The van der Waals surface area contributed by atoms with Gasteiger partial charge in [-0.25, -0.2) is 0 Å². The number of hydrogen-bond donors (Lipinski definition) is 1. The van der Waals surface area contributed by atoms with E-state index in [-0.39, 0.29) is 22.9 Å². The molecule has 1 N–H and O–H groups in total. The number of para-hydroxylation sites is 1. The standard InChI is InChI=1S/C20H18N2O2/c1-12-6-8-15(9-7-12)21-20(24)17-11-22-13(2)10-14-4-3-5-16(18(14)22)19(17)23/h3-9,11,13H,10H2,1-2H3,(H,21,24)/t13-/m1/s1. The van der Waals surface area contributed by atoms with Gasteiger partial charge in [-0.2, -0.15) is 0 Å². The second kappa shape index (κ2) is 5.34. The zero-order chi connectivity index (χ0) is 16.8. The summed E-state index contributed by atoms with van der Waals surface area (Å²) in [6, 6.07) is 13.5. The molecule has 0 fully saturated rings. The summed E-state index contributed by atoms with van der Waals surface area (Å²) in [5.41, 5.74) is 3.92. The Bertz CT molecular complexity index is 1020. The zero-order valence-corrected chi connectivity index (χ0v) is 13.7. The number of nitrogens with zero attached hydrogens (tertiary/aromatic N) is 1. The van der Waals surface area contributed by atoms with Gasteiger partial charge < -0.3 is 9.88 Å². The van der Waals surface area contributed by atoms with Crippen LogP contribution in [0.1, 0.15) is 34.5 Å². The molecule has 0 aliphatic carbocycles. The van der Waals surface area contributed by atoms with E-state index in [9.17, 15) is 9.59 Å². The van der Waals surface area contributed by atoms with E-state index in [2.05, 4.69) is 16.8 Å². The highest BCUT2D eigenvalue weighted by molar-refractivity contribution is 6.06. The monoisotopic (exact) mass is 318 g/mol. The second-order valence-corrected chi connectivity index (χ2v) is 6.47. The molecule has 4 heteroatoms. The molecule has 4 rings (SSSR count).